The number of nitrogens with one attached hydrogen (secondary N) is 2. The van der Waals surface area contributed by atoms with Gasteiger partial charge in [0.25, 0.3) is 5.91 Å². The molecule has 7 heteroatoms. The van der Waals surface area contributed by atoms with Crippen LogP contribution in [0.1, 0.15) is 30.4 Å². The van der Waals surface area contributed by atoms with Gasteiger partial charge in [0.1, 0.15) is 6.04 Å². The summed E-state index contributed by atoms with van der Waals surface area (Å²) in [6.45, 7) is 2.81. The first-order valence-electron chi connectivity index (χ1n) is 11.7. The standard InChI is InChI=1S/C26H30N4O3/c31-24-23(17-19-18-27-22-10-5-4-9-21(19)22)28-25(32)30(24)14-6-13-29-15-11-26(33,12-16-29)20-7-2-1-3-8-20/h1-5,7-10,18,23,27,33H,6,11-17H2,(H,28,32). The normalized spacial score (nSPS) is 21.0. The lowest BCUT2D eigenvalue weighted by atomic mass is 9.84. The zero-order chi connectivity index (χ0) is 22.8. The molecule has 3 amide bonds. The molecule has 0 aliphatic carbocycles. The number of carbonyl (C=O) groups excluding carboxylic acids is 2. The number of para-hydroxylation sites is 1. The monoisotopic (exact) mass is 446 g/mol. The molecule has 2 saturated heterocycles. The van der Waals surface area contributed by atoms with Gasteiger partial charge in [0, 0.05) is 43.2 Å². The maximum absolute atomic E-state index is 12.9. The van der Waals surface area contributed by atoms with Crippen molar-refractivity contribution in [1.29, 1.82) is 0 Å². The molecule has 2 aromatic carbocycles. The van der Waals surface area contributed by atoms with Crippen molar-refractivity contribution >= 4 is 22.8 Å². The van der Waals surface area contributed by atoms with E-state index in [2.05, 4.69) is 15.2 Å². The molecule has 3 N–H and O–H groups in total. The van der Waals surface area contributed by atoms with Gasteiger partial charge < -0.3 is 20.3 Å². The first-order chi connectivity index (χ1) is 16.0. The van der Waals surface area contributed by atoms with Crippen molar-refractivity contribution in [2.45, 2.75) is 37.3 Å². The highest BCUT2D eigenvalue weighted by Crippen LogP contribution is 2.32. The lowest BCUT2D eigenvalue weighted by Gasteiger charge is -2.38. The van der Waals surface area contributed by atoms with Crippen LogP contribution in [0, 0.1) is 0 Å². The minimum absolute atomic E-state index is 0.151. The van der Waals surface area contributed by atoms with Gasteiger partial charge in [-0.1, -0.05) is 48.5 Å². The number of amides is 3. The number of hydrogen-bond acceptors (Lipinski definition) is 4. The fourth-order valence-corrected chi connectivity index (χ4v) is 5.08. The number of fused-ring (bicyclic) bond motifs is 1. The van der Waals surface area contributed by atoms with Gasteiger partial charge in [-0.2, -0.15) is 0 Å². The van der Waals surface area contributed by atoms with Crippen LogP contribution in [0.15, 0.2) is 60.8 Å². The molecule has 0 spiro atoms. The van der Waals surface area contributed by atoms with Crippen LogP contribution < -0.4 is 5.32 Å². The van der Waals surface area contributed by atoms with E-state index in [4.69, 9.17) is 0 Å². The maximum atomic E-state index is 12.9. The minimum atomic E-state index is -0.766. The van der Waals surface area contributed by atoms with E-state index in [-0.39, 0.29) is 11.9 Å². The van der Waals surface area contributed by atoms with Gasteiger partial charge in [-0.25, -0.2) is 4.79 Å². The number of nitrogens with zero attached hydrogens (tertiary/aromatic N) is 2. The zero-order valence-electron chi connectivity index (χ0n) is 18.7. The lowest BCUT2D eigenvalue weighted by molar-refractivity contribution is -0.127. The molecule has 3 aromatic rings. The Labute approximate surface area is 193 Å². The fraction of sp³-hybridized carbons (Fsp3) is 0.385. The van der Waals surface area contributed by atoms with Crippen LogP contribution in [0.5, 0.6) is 0 Å². The number of urea groups is 1. The van der Waals surface area contributed by atoms with E-state index in [9.17, 15) is 14.7 Å². The average Bonchev–Trinajstić information content (AvgIpc) is 3.37. The highest BCUT2D eigenvalue weighted by Gasteiger charge is 2.38. The van der Waals surface area contributed by atoms with Gasteiger partial charge in [0.15, 0.2) is 0 Å². The number of rotatable bonds is 7. The molecule has 3 heterocycles. The summed E-state index contributed by atoms with van der Waals surface area (Å²) in [7, 11) is 0. The molecule has 0 bridgehead atoms. The predicted octanol–water partition coefficient (Wildman–Crippen LogP) is 3.00. The summed E-state index contributed by atoms with van der Waals surface area (Å²) in [6.07, 6.45) is 4.50. The molecular weight excluding hydrogens is 416 g/mol. The van der Waals surface area contributed by atoms with E-state index < -0.39 is 11.6 Å². The Morgan fingerprint density at radius 3 is 2.48 bits per heavy atom. The number of H-pyrrole nitrogens is 1. The third kappa shape index (κ3) is 4.38. The van der Waals surface area contributed by atoms with Gasteiger partial charge in [-0.3, -0.25) is 9.69 Å². The fourth-order valence-electron chi connectivity index (χ4n) is 5.08. The quantitative estimate of drug-likeness (QED) is 0.487. The molecule has 1 atom stereocenters. The van der Waals surface area contributed by atoms with Crippen LogP contribution in [0.25, 0.3) is 10.9 Å². The molecule has 0 saturated carbocycles. The molecule has 7 nitrogen and oxygen atoms in total. The summed E-state index contributed by atoms with van der Waals surface area (Å²) in [5, 5.41) is 14.9. The number of carbonyl (C=O) groups is 2. The second kappa shape index (κ2) is 9.00. The van der Waals surface area contributed by atoms with Crippen molar-refractivity contribution in [3.63, 3.8) is 0 Å². The summed E-state index contributed by atoms with van der Waals surface area (Å²) in [5.74, 6) is -0.151. The SMILES string of the molecule is O=C1NC(Cc2c[nH]c3ccccc23)C(=O)N1CCCN1CCC(O)(c2ccccc2)CC1. The third-order valence-electron chi connectivity index (χ3n) is 7.06. The van der Waals surface area contributed by atoms with E-state index in [0.717, 1.165) is 48.1 Å². The molecule has 33 heavy (non-hydrogen) atoms. The van der Waals surface area contributed by atoms with E-state index in [1.165, 1.54) is 4.90 Å². The minimum Gasteiger partial charge on any atom is -0.385 e. The number of imide groups is 1. The Morgan fingerprint density at radius 1 is 0.970 bits per heavy atom. The largest absolute Gasteiger partial charge is 0.385 e. The molecule has 2 aliphatic heterocycles. The van der Waals surface area contributed by atoms with E-state index in [0.29, 0.717) is 25.8 Å². The van der Waals surface area contributed by atoms with E-state index >= 15 is 0 Å². The van der Waals surface area contributed by atoms with Gasteiger partial charge in [-0.15, -0.1) is 0 Å². The molecule has 0 radical (unpaired) electrons. The third-order valence-corrected chi connectivity index (χ3v) is 7.06. The van der Waals surface area contributed by atoms with Crippen LogP contribution in [-0.2, 0) is 16.8 Å². The number of benzene rings is 2. The van der Waals surface area contributed by atoms with Crippen LogP contribution in [-0.4, -0.2) is 64.0 Å². The van der Waals surface area contributed by atoms with Crippen LogP contribution in [0.4, 0.5) is 4.79 Å². The van der Waals surface area contributed by atoms with Crippen molar-refractivity contribution in [2.75, 3.05) is 26.2 Å². The maximum Gasteiger partial charge on any atom is 0.324 e. The average molecular weight is 447 g/mol. The highest BCUT2D eigenvalue weighted by atomic mass is 16.3. The Kier molecular flexibility index (Phi) is 5.91. The number of aromatic nitrogens is 1. The summed E-state index contributed by atoms with van der Waals surface area (Å²) in [5.41, 5.74) is 2.27. The number of piperidine rings is 1. The van der Waals surface area contributed by atoms with Gasteiger partial charge in [0.05, 0.1) is 5.60 Å². The molecule has 2 aliphatic rings. The predicted molar refractivity (Wildman–Crippen MR) is 127 cm³/mol. The van der Waals surface area contributed by atoms with Gasteiger partial charge >= 0.3 is 6.03 Å². The number of aromatic amines is 1. The van der Waals surface area contributed by atoms with Crippen LogP contribution in [0.2, 0.25) is 0 Å². The van der Waals surface area contributed by atoms with Gasteiger partial charge in [0.2, 0.25) is 0 Å². The first kappa shape index (κ1) is 21.7. The van der Waals surface area contributed by atoms with Crippen molar-refractivity contribution in [1.82, 2.24) is 20.1 Å². The molecule has 1 aromatic heterocycles. The van der Waals surface area contributed by atoms with Crippen molar-refractivity contribution in [2.24, 2.45) is 0 Å². The number of hydrogen-bond donors (Lipinski definition) is 3. The number of likely N-dealkylation sites (tertiary alicyclic amines) is 1. The van der Waals surface area contributed by atoms with E-state index in [1.54, 1.807) is 0 Å². The molecule has 172 valence electrons. The summed E-state index contributed by atoms with van der Waals surface area (Å²) < 4.78 is 0. The summed E-state index contributed by atoms with van der Waals surface area (Å²) in [4.78, 5) is 32.2. The summed E-state index contributed by atoms with van der Waals surface area (Å²) in [6, 6.07) is 17.0. The van der Waals surface area contributed by atoms with Crippen molar-refractivity contribution < 1.29 is 14.7 Å². The molecular formula is C26H30N4O3. The second-order valence-corrected chi connectivity index (χ2v) is 9.15. The van der Waals surface area contributed by atoms with Crippen molar-refractivity contribution in [3.8, 4) is 0 Å². The molecule has 1 unspecified atom stereocenters. The Hall–Kier alpha value is -3.16. The van der Waals surface area contributed by atoms with Crippen LogP contribution >= 0.6 is 0 Å². The first-order valence-corrected chi connectivity index (χ1v) is 11.7. The second-order valence-electron chi connectivity index (χ2n) is 9.15. The molecule has 2 fully saturated rings. The Morgan fingerprint density at radius 2 is 1.70 bits per heavy atom. The Balaban J connectivity index is 1.11. The highest BCUT2D eigenvalue weighted by molar-refractivity contribution is 6.04. The van der Waals surface area contributed by atoms with Crippen LogP contribution in [0.3, 0.4) is 0 Å². The topological polar surface area (TPSA) is 88.7 Å². The van der Waals surface area contributed by atoms with E-state index in [1.807, 2.05) is 60.8 Å². The smallest absolute Gasteiger partial charge is 0.324 e. The van der Waals surface area contributed by atoms with Gasteiger partial charge in [-0.05, 0) is 43.0 Å². The molecule has 5 rings (SSSR count). The van der Waals surface area contributed by atoms with Crippen molar-refractivity contribution in [3.05, 3.63) is 71.9 Å². The Bertz CT molecular complexity index is 1130. The zero-order valence-corrected chi connectivity index (χ0v) is 18.7. The number of aliphatic hydroxyl groups is 1. The lowest BCUT2D eigenvalue weighted by Crippen LogP contribution is -2.43. The summed E-state index contributed by atoms with van der Waals surface area (Å²) >= 11 is 0.